The predicted molar refractivity (Wildman–Crippen MR) is 59.6 cm³/mol. The summed E-state index contributed by atoms with van der Waals surface area (Å²) in [4.78, 5) is 10.4. The van der Waals surface area contributed by atoms with Gasteiger partial charge in [-0.1, -0.05) is 0 Å². The first-order valence-electron chi connectivity index (χ1n) is 4.84. The Labute approximate surface area is 90.6 Å². The second-order valence-electron chi connectivity index (χ2n) is 4.50. The van der Waals surface area contributed by atoms with Gasteiger partial charge in [-0.05, 0) is 27.7 Å². The van der Waals surface area contributed by atoms with E-state index in [9.17, 15) is 0 Å². The van der Waals surface area contributed by atoms with Crippen molar-refractivity contribution in [3.63, 3.8) is 0 Å². The molecule has 15 heavy (non-hydrogen) atoms. The van der Waals surface area contributed by atoms with Crippen molar-refractivity contribution in [2.75, 3.05) is 11.9 Å². The van der Waals surface area contributed by atoms with E-state index in [-0.39, 0.29) is 5.54 Å². The summed E-state index contributed by atoms with van der Waals surface area (Å²) in [5.41, 5.74) is 0.390. The minimum Gasteiger partial charge on any atom is -0.355 e. The van der Waals surface area contributed by atoms with Gasteiger partial charge in [0, 0.05) is 18.7 Å². The first-order valence-corrected chi connectivity index (χ1v) is 4.84. The molecule has 0 radical (unpaired) electrons. The van der Waals surface area contributed by atoms with Crippen molar-refractivity contribution in [2.24, 2.45) is 0 Å². The summed E-state index contributed by atoms with van der Waals surface area (Å²) in [5.74, 6) is 1.41. The molecular formula is C11H16N4. The smallest absolute Gasteiger partial charge is 0.146 e. The van der Waals surface area contributed by atoms with E-state index in [4.69, 9.17) is 5.26 Å². The standard InChI is InChI=1S/C11H16N4/c1-8-13-9(7-12)6-10(14-8)15(5)11(2,3)4/h6H,1-5H3. The fourth-order valence-electron chi connectivity index (χ4n) is 1.12. The molecule has 80 valence electrons. The minimum atomic E-state index is -0.0203. The van der Waals surface area contributed by atoms with Crippen LogP contribution in [0.3, 0.4) is 0 Å². The van der Waals surface area contributed by atoms with Crippen LogP contribution in [-0.4, -0.2) is 22.6 Å². The highest BCUT2D eigenvalue weighted by Crippen LogP contribution is 2.19. The number of anilines is 1. The highest BCUT2D eigenvalue weighted by Gasteiger charge is 2.19. The molecule has 0 aromatic carbocycles. The molecule has 0 saturated heterocycles. The molecule has 0 saturated carbocycles. The van der Waals surface area contributed by atoms with Crippen molar-refractivity contribution in [1.82, 2.24) is 9.97 Å². The van der Waals surface area contributed by atoms with Gasteiger partial charge in [0.15, 0.2) is 0 Å². The molecule has 0 amide bonds. The fraction of sp³-hybridized carbons (Fsp3) is 0.545. The third-order valence-electron chi connectivity index (χ3n) is 2.29. The van der Waals surface area contributed by atoms with E-state index in [0.717, 1.165) is 5.82 Å². The maximum Gasteiger partial charge on any atom is 0.146 e. The van der Waals surface area contributed by atoms with Gasteiger partial charge in [0.05, 0.1) is 0 Å². The average molecular weight is 204 g/mol. The largest absolute Gasteiger partial charge is 0.355 e. The van der Waals surface area contributed by atoms with Gasteiger partial charge in [-0.3, -0.25) is 0 Å². The van der Waals surface area contributed by atoms with Crippen LogP contribution >= 0.6 is 0 Å². The van der Waals surface area contributed by atoms with E-state index >= 15 is 0 Å². The predicted octanol–water partition coefficient (Wildman–Crippen LogP) is 1.89. The maximum absolute atomic E-state index is 8.81. The molecule has 0 aliphatic carbocycles. The molecule has 1 rings (SSSR count). The van der Waals surface area contributed by atoms with Gasteiger partial charge < -0.3 is 4.90 Å². The topological polar surface area (TPSA) is 52.8 Å². The fourth-order valence-corrected chi connectivity index (χ4v) is 1.12. The summed E-state index contributed by atoms with van der Waals surface area (Å²) in [6.07, 6.45) is 0. The Kier molecular flexibility index (Phi) is 2.94. The van der Waals surface area contributed by atoms with Crippen LogP contribution in [0.2, 0.25) is 0 Å². The maximum atomic E-state index is 8.81. The molecule has 4 nitrogen and oxygen atoms in total. The number of rotatable bonds is 1. The van der Waals surface area contributed by atoms with Crippen LogP contribution in [0.5, 0.6) is 0 Å². The molecule has 0 fully saturated rings. The number of aryl methyl sites for hydroxylation is 1. The number of nitrogens with zero attached hydrogens (tertiary/aromatic N) is 4. The van der Waals surface area contributed by atoms with Crippen molar-refractivity contribution in [3.05, 3.63) is 17.6 Å². The number of hydrogen-bond acceptors (Lipinski definition) is 4. The van der Waals surface area contributed by atoms with Crippen molar-refractivity contribution in [2.45, 2.75) is 33.2 Å². The zero-order valence-corrected chi connectivity index (χ0v) is 9.87. The van der Waals surface area contributed by atoms with Gasteiger partial charge in [0.25, 0.3) is 0 Å². The van der Waals surface area contributed by atoms with Crippen LogP contribution in [0.4, 0.5) is 5.82 Å². The SMILES string of the molecule is Cc1nc(C#N)cc(N(C)C(C)(C)C)n1. The van der Waals surface area contributed by atoms with Crippen molar-refractivity contribution < 1.29 is 0 Å². The van der Waals surface area contributed by atoms with Crippen LogP contribution in [-0.2, 0) is 0 Å². The summed E-state index contributed by atoms with van der Waals surface area (Å²) < 4.78 is 0. The molecule has 1 heterocycles. The Morgan fingerprint density at radius 2 is 1.93 bits per heavy atom. The zero-order valence-electron chi connectivity index (χ0n) is 9.87. The van der Waals surface area contributed by atoms with E-state index in [1.54, 1.807) is 13.0 Å². The van der Waals surface area contributed by atoms with Gasteiger partial charge >= 0.3 is 0 Å². The molecule has 0 aliphatic heterocycles. The van der Waals surface area contributed by atoms with E-state index in [2.05, 4.69) is 30.7 Å². The Bertz CT molecular complexity index is 398. The molecule has 0 aliphatic rings. The average Bonchev–Trinajstić information content (AvgIpc) is 2.14. The van der Waals surface area contributed by atoms with E-state index < -0.39 is 0 Å². The molecule has 0 N–H and O–H groups in total. The monoisotopic (exact) mass is 204 g/mol. The second kappa shape index (κ2) is 3.85. The Morgan fingerprint density at radius 1 is 1.33 bits per heavy atom. The van der Waals surface area contributed by atoms with E-state index in [1.165, 1.54) is 0 Å². The Hall–Kier alpha value is -1.63. The molecule has 0 spiro atoms. The van der Waals surface area contributed by atoms with Gasteiger partial charge in [-0.25, -0.2) is 9.97 Å². The van der Waals surface area contributed by atoms with E-state index in [0.29, 0.717) is 11.5 Å². The van der Waals surface area contributed by atoms with Crippen LogP contribution in [0.15, 0.2) is 6.07 Å². The summed E-state index contributed by atoms with van der Waals surface area (Å²) >= 11 is 0. The first-order chi connectivity index (χ1) is 6.84. The minimum absolute atomic E-state index is 0.0203. The van der Waals surface area contributed by atoms with Crippen molar-refractivity contribution in [3.8, 4) is 6.07 Å². The highest BCUT2D eigenvalue weighted by molar-refractivity contribution is 5.44. The van der Waals surface area contributed by atoms with Crippen LogP contribution in [0, 0.1) is 18.3 Å². The summed E-state index contributed by atoms with van der Waals surface area (Å²) in [6, 6.07) is 3.74. The van der Waals surface area contributed by atoms with Gasteiger partial charge in [0.2, 0.25) is 0 Å². The first kappa shape index (κ1) is 11.4. The third kappa shape index (κ3) is 2.66. The second-order valence-corrected chi connectivity index (χ2v) is 4.50. The number of nitriles is 1. The Morgan fingerprint density at radius 3 is 2.40 bits per heavy atom. The number of hydrogen-bond donors (Lipinski definition) is 0. The van der Waals surface area contributed by atoms with Crippen LogP contribution < -0.4 is 4.90 Å². The lowest BCUT2D eigenvalue weighted by atomic mass is 10.1. The van der Waals surface area contributed by atoms with Gasteiger partial charge in [0.1, 0.15) is 23.4 Å². The Balaban J connectivity index is 3.16. The summed E-state index contributed by atoms with van der Waals surface area (Å²) in [6.45, 7) is 8.07. The van der Waals surface area contributed by atoms with Gasteiger partial charge in [-0.2, -0.15) is 5.26 Å². The number of aromatic nitrogens is 2. The van der Waals surface area contributed by atoms with E-state index in [1.807, 2.05) is 18.0 Å². The van der Waals surface area contributed by atoms with Crippen LogP contribution in [0.1, 0.15) is 32.3 Å². The summed E-state index contributed by atoms with van der Waals surface area (Å²) in [5, 5.41) is 8.81. The molecule has 0 bridgehead atoms. The normalized spacial score (nSPS) is 10.9. The van der Waals surface area contributed by atoms with Crippen molar-refractivity contribution >= 4 is 5.82 Å². The highest BCUT2D eigenvalue weighted by atomic mass is 15.2. The molecule has 1 aromatic rings. The molecule has 4 heteroatoms. The quantitative estimate of drug-likeness (QED) is 0.701. The van der Waals surface area contributed by atoms with Gasteiger partial charge in [-0.15, -0.1) is 0 Å². The molecular weight excluding hydrogens is 188 g/mol. The zero-order chi connectivity index (χ0) is 11.6. The lowest BCUT2D eigenvalue weighted by Crippen LogP contribution is -2.38. The molecule has 0 unspecified atom stereocenters. The third-order valence-corrected chi connectivity index (χ3v) is 2.29. The summed E-state index contributed by atoms with van der Waals surface area (Å²) in [7, 11) is 1.96. The van der Waals surface area contributed by atoms with Crippen molar-refractivity contribution in [1.29, 1.82) is 5.26 Å². The molecule has 0 atom stereocenters. The lowest BCUT2D eigenvalue weighted by molar-refractivity contribution is 0.533. The molecule has 1 aromatic heterocycles. The lowest BCUT2D eigenvalue weighted by Gasteiger charge is -2.33. The van der Waals surface area contributed by atoms with Crippen LogP contribution in [0.25, 0.3) is 0 Å².